The van der Waals surface area contributed by atoms with Crippen LogP contribution in [0.2, 0.25) is 0 Å². The molecule has 0 unspecified atom stereocenters. The van der Waals surface area contributed by atoms with Gasteiger partial charge in [0.2, 0.25) is 5.88 Å². The van der Waals surface area contributed by atoms with Crippen molar-refractivity contribution in [3.05, 3.63) is 52.6 Å². The molecule has 24 heavy (non-hydrogen) atoms. The predicted molar refractivity (Wildman–Crippen MR) is 94.3 cm³/mol. The zero-order valence-corrected chi connectivity index (χ0v) is 15.0. The average molecular weight is 391 g/mol. The number of hydrogen-bond acceptors (Lipinski definition) is 4. The number of benzene rings is 1. The van der Waals surface area contributed by atoms with E-state index in [4.69, 9.17) is 9.47 Å². The maximum absolute atomic E-state index is 12.3. The fraction of sp³-hybridized carbons (Fsp3) is 0.333. The summed E-state index contributed by atoms with van der Waals surface area (Å²) < 4.78 is 12.0. The topological polar surface area (TPSA) is 60.5 Å². The Morgan fingerprint density at radius 2 is 2.12 bits per heavy atom. The van der Waals surface area contributed by atoms with Crippen LogP contribution >= 0.6 is 15.9 Å². The van der Waals surface area contributed by atoms with E-state index in [1.54, 1.807) is 12.1 Å². The zero-order chi connectivity index (χ0) is 16.9. The molecule has 6 heteroatoms. The van der Waals surface area contributed by atoms with Crippen molar-refractivity contribution in [2.75, 3.05) is 13.2 Å². The number of carbonyl (C=O) groups excluding carboxylic acids is 1. The average Bonchev–Trinajstić information content (AvgIpc) is 3.12. The molecule has 0 aliphatic carbocycles. The molecule has 1 aliphatic heterocycles. The summed E-state index contributed by atoms with van der Waals surface area (Å²) in [5.41, 5.74) is 0.518. The van der Waals surface area contributed by atoms with Gasteiger partial charge in [-0.2, -0.15) is 0 Å². The van der Waals surface area contributed by atoms with E-state index in [9.17, 15) is 4.79 Å². The van der Waals surface area contributed by atoms with Crippen LogP contribution < -0.4 is 10.1 Å². The molecule has 1 aliphatic rings. The van der Waals surface area contributed by atoms with Crippen LogP contribution in [0.1, 0.15) is 23.7 Å². The molecule has 0 radical (unpaired) electrons. The van der Waals surface area contributed by atoms with E-state index in [0.717, 1.165) is 17.5 Å². The molecule has 0 bridgehead atoms. The molecule has 0 saturated carbocycles. The molecule has 2 heterocycles. The fourth-order valence-electron chi connectivity index (χ4n) is 2.55. The minimum atomic E-state index is -0.128. The van der Waals surface area contributed by atoms with Crippen LogP contribution in [0.5, 0.6) is 11.6 Å². The molecule has 2 atom stereocenters. The first-order valence-electron chi connectivity index (χ1n) is 7.90. The number of nitrogens with one attached hydrogen (secondary N) is 1. The van der Waals surface area contributed by atoms with Gasteiger partial charge in [0.05, 0.1) is 12.2 Å². The van der Waals surface area contributed by atoms with Gasteiger partial charge in [0.15, 0.2) is 0 Å². The molecular weight excluding hydrogens is 372 g/mol. The standard InChI is InChI=1S/C18H19BrN2O3/c1-12(14-8-9-23-11-14)21-18(22)13-2-7-17(20-10-13)24-16-5-3-15(19)4-6-16/h2-7,10,12,14H,8-9,11H2,1H3,(H,21,22)/t12-,14+/m0/s1. The molecule has 0 spiro atoms. The number of aromatic nitrogens is 1. The number of amides is 1. The first-order chi connectivity index (χ1) is 11.6. The van der Waals surface area contributed by atoms with E-state index in [1.807, 2.05) is 31.2 Å². The molecule has 1 amide bonds. The molecule has 1 N–H and O–H groups in total. The third-order valence-corrected chi connectivity index (χ3v) is 4.59. The highest BCUT2D eigenvalue weighted by atomic mass is 79.9. The van der Waals surface area contributed by atoms with Gasteiger partial charge in [-0.3, -0.25) is 4.79 Å². The summed E-state index contributed by atoms with van der Waals surface area (Å²) >= 11 is 3.38. The van der Waals surface area contributed by atoms with Crippen molar-refractivity contribution < 1.29 is 14.3 Å². The van der Waals surface area contributed by atoms with Gasteiger partial charge in [-0.25, -0.2) is 4.98 Å². The molecular formula is C18H19BrN2O3. The van der Waals surface area contributed by atoms with Gasteiger partial charge >= 0.3 is 0 Å². The molecule has 1 aromatic carbocycles. The highest BCUT2D eigenvalue weighted by molar-refractivity contribution is 9.10. The molecule has 126 valence electrons. The van der Waals surface area contributed by atoms with Crippen molar-refractivity contribution in [3.63, 3.8) is 0 Å². The summed E-state index contributed by atoms with van der Waals surface area (Å²) in [6.45, 7) is 3.49. The van der Waals surface area contributed by atoms with Crippen molar-refractivity contribution in [2.45, 2.75) is 19.4 Å². The Labute approximate surface area is 149 Å². The maximum Gasteiger partial charge on any atom is 0.253 e. The zero-order valence-electron chi connectivity index (χ0n) is 13.4. The van der Waals surface area contributed by atoms with Crippen molar-refractivity contribution in [3.8, 4) is 11.6 Å². The van der Waals surface area contributed by atoms with E-state index < -0.39 is 0 Å². The van der Waals surface area contributed by atoms with Crippen LogP contribution in [0, 0.1) is 5.92 Å². The lowest BCUT2D eigenvalue weighted by atomic mass is 10.0. The third kappa shape index (κ3) is 4.33. The second kappa shape index (κ2) is 7.77. The SMILES string of the molecule is C[C@H](NC(=O)c1ccc(Oc2ccc(Br)cc2)nc1)[C@@H]1CCOC1. The van der Waals surface area contributed by atoms with E-state index >= 15 is 0 Å². The number of carbonyl (C=O) groups is 1. The van der Waals surface area contributed by atoms with Crippen molar-refractivity contribution in [1.82, 2.24) is 10.3 Å². The Morgan fingerprint density at radius 3 is 2.75 bits per heavy atom. The van der Waals surface area contributed by atoms with E-state index in [1.165, 1.54) is 6.20 Å². The number of hydrogen-bond donors (Lipinski definition) is 1. The Hall–Kier alpha value is -1.92. The highest BCUT2D eigenvalue weighted by Crippen LogP contribution is 2.22. The lowest BCUT2D eigenvalue weighted by Gasteiger charge is -2.19. The van der Waals surface area contributed by atoms with Gasteiger partial charge in [-0.1, -0.05) is 15.9 Å². The van der Waals surface area contributed by atoms with E-state index in [2.05, 4.69) is 26.2 Å². The molecule has 2 aromatic rings. The summed E-state index contributed by atoms with van der Waals surface area (Å²) in [5, 5.41) is 3.01. The lowest BCUT2D eigenvalue weighted by Crippen LogP contribution is -2.38. The first-order valence-corrected chi connectivity index (χ1v) is 8.69. The van der Waals surface area contributed by atoms with Crippen LogP contribution in [0.15, 0.2) is 47.1 Å². The first kappa shape index (κ1) is 16.9. The van der Waals surface area contributed by atoms with Gasteiger partial charge in [-0.15, -0.1) is 0 Å². The summed E-state index contributed by atoms with van der Waals surface area (Å²) in [6, 6.07) is 11.0. The van der Waals surface area contributed by atoms with Crippen molar-refractivity contribution in [2.24, 2.45) is 5.92 Å². The van der Waals surface area contributed by atoms with Crippen LogP contribution in [0.3, 0.4) is 0 Å². The van der Waals surface area contributed by atoms with Crippen LogP contribution in [-0.2, 0) is 4.74 Å². The van der Waals surface area contributed by atoms with Crippen molar-refractivity contribution in [1.29, 1.82) is 0 Å². The quantitative estimate of drug-likeness (QED) is 0.843. The minimum Gasteiger partial charge on any atom is -0.439 e. The second-order valence-electron chi connectivity index (χ2n) is 5.83. The summed E-state index contributed by atoms with van der Waals surface area (Å²) in [6.07, 6.45) is 2.51. The fourth-order valence-corrected chi connectivity index (χ4v) is 2.82. The van der Waals surface area contributed by atoms with Gasteiger partial charge < -0.3 is 14.8 Å². The van der Waals surface area contributed by atoms with Crippen LogP contribution in [-0.4, -0.2) is 30.1 Å². The predicted octanol–water partition coefficient (Wildman–Crippen LogP) is 3.79. The van der Waals surface area contributed by atoms with Crippen LogP contribution in [0.4, 0.5) is 0 Å². The number of rotatable bonds is 5. The van der Waals surface area contributed by atoms with Crippen molar-refractivity contribution >= 4 is 21.8 Å². The molecule has 1 aromatic heterocycles. The van der Waals surface area contributed by atoms with Gasteiger partial charge in [0.1, 0.15) is 5.75 Å². The van der Waals surface area contributed by atoms with E-state index in [0.29, 0.717) is 29.7 Å². The molecule has 1 fully saturated rings. The maximum atomic E-state index is 12.3. The van der Waals surface area contributed by atoms with Gasteiger partial charge in [0, 0.05) is 35.3 Å². The molecule has 5 nitrogen and oxygen atoms in total. The highest BCUT2D eigenvalue weighted by Gasteiger charge is 2.23. The normalized spacial score (nSPS) is 18.2. The number of halogens is 1. The molecule has 1 saturated heterocycles. The van der Waals surface area contributed by atoms with Gasteiger partial charge in [0.25, 0.3) is 5.91 Å². The lowest BCUT2D eigenvalue weighted by molar-refractivity contribution is 0.0922. The Kier molecular flexibility index (Phi) is 5.48. The number of ether oxygens (including phenoxy) is 2. The van der Waals surface area contributed by atoms with Gasteiger partial charge in [-0.05, 0) is 43.7 Å². The largest absolute Gasteiger partial charge is 0.439 e. The second-order valence-corrected chi connectivity index (χ2v) is 6.74. The Bertz CT molecular complexity index is 682. The minimum absolute atomic E-state index is 0.0821. The third-order valence-electron chi connectivity index (χ3n) is 4.07. The van der Waals surface area contributed by atoms with Crippen LogP contribution in [0.25, 0.3) is 0 Å². The molecule has 3 rings (SSSR count). The Morgan fingerprint density at radius 1 is 1.33 bits per heavy atom. The van der Waals surface area contributed by atoms with E-state index in [-0.39, 0.29) is 11.9 Å². The summed E-state index contributed by atoms with van der Waals surface area (Å²) in [4.78, 5) is 16.5. The number of nitrogens with zero attached hydrogens (tertiary/aromatic N) is 1. The summed E-state index contributed by atoms with van der Waals surface area (Å²) in [7, 11) is 0. The Balaban J connectivity index is 1.59. The number of pyridine rings is 1. The smallest absolute Gasteiger partial charge is 0.253 e. The summed E-state index contributed by atoms with van der Waals surface area (Å²) in [5.74, 6) is 1.39. The monoisotopic (exact) mass is 390 g/mol.